The van der Waals surface area contributed by atoms with Gasteiger partial charge in [-0.1, -0.05) is 26.2 Å². The molecule has 2 bridgehead atoms. The van der Waals surface area contributed by atoms with E-state index in [0.29, 0.717) is 6.04 Å². The zero-order valence-electron chi connectivity index (χ0n) is 11.0. The summed E-state index contributed by atoms with van der Waals surface area (Å²) in [7, 11) is 2.31. The Bertz CT molecular complexity index is 203. The van der Waals surface area contributed by atoms with Crippen molar-refractivity contribution in [2.24, 2.45) is 11.7 Å². The number of rotatable bonds is 5. The van der Waals surface area contributed by atoms with E-state index in [1.165, 1.54) is 51.4 Å². The van der Waals surface area contributed by atoms with Crippen LogP contribution in [0, 0.1) is 5.92 Å². The van der Waals surface area contributed by atoms with Crippen molar-refractivity contribution in [3.8, 4) is 0 Å². The highest BCUT2D eigenvalue weighted by atomic mass is 15.2. The fraction of sp³-hybridized carbons (Fsp3) is 1.00. The highest BCUT2D eigenvalue weighted by molar-refractivity contribution is 4.95. The van der Waals surface area contributed by atoms with Gasteiger partial charge in [0.05, 0.1) is 0 Å². The molecule has 0 aromatic heterocycles. The summed E-state index contributed by atoms with van der Waals surface area (Å²) in [5.41, 5.74) is 6.37. The topological polar surface area (TPSA) is 29.3 Å². The summed E-state index contributed by atoms with van der Waals surface area (Å²) in [6.45, 7) is 2.27. The van der Waals surface area contributed by atoms with Gasteiger partial charge in [-0.25, -0.2) is 0 Å². The van der Waals surface area contributed by atoms with Gasteiger partial charge >= 0.3 is 0 Å². The molecule has 2 nitrogen and oxygen atoms in total. The quantitative estimate of drug-likeness (QED) is 0.728. The van der Waals surface area contributed by atoms with Gasteiger partial charge in [0.1, 0.15) is 0 Å². The van der Waals surface area contributed by atoms with Crippen molar-refractivity contribution < 1.29 is 0 Å². The second kappa shape index (κ2) is 5.50. The molecule has 0 amide bonds. The molecule has 0 spiro atoms. The molecule has 0 aromatic rings. The Kier molecular flexibility index (Phi) is 4.26. The molecule has 0 aliphatic carbocycles. The minimum absolute atomic E-state index is 0.475. The van der Waals surface area contributed by atoms with Gasteiger partial charge in [0.15, 0.2) is 0 Å². The van der Waals surface area contributed by atoms with Crippen molar-refractivity contribution in [1.29, 1.82) is 0 Å². The van der Waals surface area contributed by atoms with E-state index in [1.54, 1.807) is 0 Å². The number of fused-ring (bicyclic) bond motifs is 2. The third-order valence-electron chi connectivity index (χ3n) is 4.88. The standard InChI is InChI=1S/C14H28N2/c1-3-4-5-6-14(15)11-9-12-7-8-13(10-11)16(12)2/h11-14H,3-10,15H2,1-2H3. The summed E-state index contributed by atoms with van der Waals surface area (Å²) in [6, 6.07) is 2.17. The van der Waals surface area contributed by atoms with Gasteiger partial charge in [-0.05, 0) is 45.1 Å². The van der Waals surface area contributed by atoms with Gasteiger partial charge in [-0.3, -0.25) is 0 Å². The van der Waals surface area contributed by atoms with E-state index >= 15 is 0 Å². The van der Waals surface area contributed by atoms with E-state index in [2.05, 4.69) is 18.9 Å². The fourth-order valence-corrected chi connectivity index (χ4v) is 3.67. The SMILES string of the molecule is CCCCCC(N)C1CC2CCC(C1)N2C. The molecule has 2 rings (SSSR count). The lowest BCUT2D eigenvalue weighted by Gasteiger charge is -2.38. The Morgan fingerprint density at radius 2 is 1.81 bits per heavy atom. The number of hydrogen-bond acceptors (Lipinski definition) is 2. The Labute approximate surface area is 101 Å². The largest absolute Gasteiger partial charge is 0.327 e. The maximum Gasteiger partial charge on any atom is 0.00989 e. The second-order valence-electron chi connectivity index (χ2n) is 5.94. The monoisotopic (exact) mass is 224 g/mol. The predicted molar refractivity (Wildman–Crippen MR) is 69.4 cm³/mol. The number of piperidine rings is 1. The van der Waals surface area contributed by atoms with E-state index < -0.39 is 0 Å². The first kappa shape index (κ1) is 12.4. The van der Waals surface area contributed by atoms with Crippen LogP contribution in [-0.4, -0.2) is 30.1 Å². The fourth-order valence-electron chi connectivity index (χ4n) is 3.67. The van der Waals surface area contributed by atoms with Gasteiger partial charge in [-0.15, -0.1) is 0 Å². The molecular weight excluding hydrogens is 196 g/mol. The summed E-state index contributed by atoms with van der Waals surface area (Å²) in [5.74, 6) is 0.811. The average molecular weight is 224 g/mol. The van der Waals surface area contributed by atoms with Crippen molar-refractivity contribution in [2.45, 2.75) is 76.4 Å². The third-order valence-corrected chi connectivity index (χ3v) is 4.88. The molecule has 2 saturated heterocycles. The first-order chi connectivity index (χ1) is 7.72. The minimum atomic E-state index is 0.475. The number of unbranched alkanes of at least 4 members (excludes halogenated alkanes) is 2. The summed E-state index contributed by atoms with van der Waals surface area (Å²) in [6.07, 6.45) is 10.8. The maximum atomic E-state index is 6.37. The highest BCUT2D eigenvalue weighted by Gasteiger charge is 2.39. The van der Waals surface area contributed by atoms with Crippen molar-refractivity contribution in [3.05, 3.63) is 0 Å². The molecule has 2 heteroatoms. The molecule has 0 aromatic carbocycles. The van der Waals surface area contributed by atoms with Gasteiger partial charge in [0.2, 0.25) is 0 Å². The molecule has 2 heterocycles. The maximum absolute atomic E-state index is 6.37. The first-order valence-corrected chi connectivity index (χ1v) is 7.20. The lowest BCUT2D eigenvalue weighted by Crippen LogP contribution is -2.45. The Morgan fingerprint density at radius 3 is 2.38 bits per heavy atom. The van der Waals surface area contributed by atoms with E-state index in [1.807, 2.05) is 0 Å². The second-order valence-corrected chi connectivity index (χ2v) is 5.94. The van der Waals surface area contributed by atoms with Crippen LogP contribution in [0.15, 0.2) is 0 Å². The van der Waals surface area contributed by atoms with Crippen LogP contribution in [-0.2, 0) is 0 Å². The van der Waals surface area contributed by atoms with Crippen LogP contribution in [0.2, 0.25) is 0 Å². The zero-order chi connectivity index (χ0) is 11.5. The van der Waals surface area contributed by atoms with Crippen LogP contribution in [0.5, 0.6) is 0 Å². The third kappa shape index (κ3) is 2.60. The van der Waals surface area contributed by atoms with Crippen LogP contribution in [0.4, 0.5) is 0 Å². The van der Waals surface area contributed by atoms with Crippen LogP contribution in [0.3, 0.4) is 0 Å². The first-order valence-electron chi connectivity index (χ1n) is 7.20. The molecule has 3 atom stereocenters. The van der Waals surface area contributed by atoms with E-state index in [-0.39, 0.29) is 0 Å². The molecule has 2 aliphatic rings. The summed E-state index contributed by atoms with van der Waals surface area (Å²) in [5, 5.41) is 0. The molecule has 0 saturated carbocycles. The Balaban J connectivity index is 1.78. The van der Waals surface area contributed by atoms with Crippen LogP contribution in [0.1, 0.15) is 58.3 Å². The van der Waals surface area contributed by atoms with Crippen molar-refractivity contribution in [2.75, 3.05) is 7.05 Å². The van der Waals surface area contributed by atoms with Crippen LogP contribution < -0.4 is 5.73 Å². The molecule has 2 N–H and O–H groups in total. The van der Waals surface area contributed by atoms with Gasteiger partial charge < -0.3 is 10.6 Å². The molecule has 3 unspecified atom stereocenters. The van der Waals surface area contributed by atoms with E-state index in [4.69, 9.17) is 5.73 Å². The van der Waals surface area contributed by atoms with Crippen molar-refractivity contribution in [1.82, 2.24) is 4.90 Å². The predicted octanol–water partition coefficient (Wildman–Crippen LogP) is 2.77. The normalized spacial score (nSPS) is 36.6. The molecule has 16 heavy (non-hydrogen) atoms. The molecule has 2 aliphatic heterocycles. The molecular formula is C14H28N2. The molecule has 2 fully saturated rings. The number of nitrogens with two attached hydrogens (primary N) is 1. The number of hydrogen-bond donors (Lipinski definition) is 1. The average Bonchev–Trinajstić information content (AvgIpc) is 2.53. The lowest BCUT2D eigenvalue weighted by atomic mass is 9.83. The summed E-state index contributed by atoms with van der Waals surface area (Å²) < 4.78 is 0. The van der Waals surface area contributed by atoms with Crippen LogP contribution in [0.25, 0.3) is 0 Å². The smallest absolute Gasteiger partial charge is 0.00989 e. The van der Waals surface area contributed by atoms with Gasteiger partial charge in [0.25, 0.3) is 0 Å². The molecule has 0 radical (unpaired) electrons. The molecule has 94 valence electrons. The Morgan fingerprint density at radius 1 is 1.19 bits per heavy atom. The summed E-state index contributed by atoms with van der Waals surface area (Å²) in [4.78, 5) is 2.61. The lowest BCUT2D eigenvalue weighted by molar-refractivity contribution is 0.118. The van der Waals surface area contributed by atoms with Crippen molar-refractivity contribution in [3.63, 3.8) is 0 Å². The highest BCUT2D eigenvalue weighted by Crippen LogP contribution is 2.38. The van der Waals surface area contributed by atoms with Gasteiger partial charge in [0, 0.05) is 18.1 Å². The Hall–Kier alpha value is -0.0800. The minimum Gasteiger partial charge on any atom is -0.327 e. The van der Waals surface area contributed by atoms with E-state index in [9.17, 15) is 0 Å². The van der Waals surface area contributed by atoms with Crippen LogP contribution >= 0.6 is 0 Å². The zero-order valence-corrected chi connectivity index (χ0v) is 11.0. The van der Waals surface area contributed by atoms with E-state index in [0.717, 1.165) is 18.0 Å². The van der Waals surface area contributed by atoms with Gasteiger partial charge in [-0.2, -0.15) is 0 Å². The van der Waals surface area contributed by atoms with Crippen molar-refractivity contribution >= 4 is 0 Å². The summed E-state index contributed by atoms with van der Waals surface area (Å²) >= 11 is 0. The number of nitrogens with zero attached hydrogens (tertiary/aromatic N) is 1.